The fourth-order valence-electron chi connectivity index (χ4n) is 1.47. The van der Waals surface area contributed by atoms with Crippen molar-refractivity contribution in [2.24, 2.45) is 0 Å². The quantitative estimate of drug-likeness (QED) is 0.875. The van der Waals surface area contributed by atoms with Crippen LogP contribution in [0.25, 0.3) is 0 Å². The van der Waals surface area contributed by atoms with Crippen molar-refractivity contribution in [3.05, 3.63) is 16.1 Å². The zero-order chi connectivity index (χ0) is 13.0. The third kappa shape index (κ3) is 3.03. The molecule has 6 heteroatoms. The number of hydrogen-bond acceptors (Lipinski definition) is 4. The molecule has 0 saturated carbocycles. The third-order valence-electron chi connectivity index (χ3n) is 2.63. The van der Waals surface area contributed by atoms with E-state index in [1.807, 2.05) is 20.8 Å². The van der Waals surface area contributed by atoms with E-state index in [4.69, 9.17) is 5.11 Å². The summed E-state index contributed by atoms with van der Waals surface area (Å²) in [6, 6.07) is 0.129. The van der Waals surface area contributed by atoms with Gasteiger partial charge < -0.3 is 10.0 Å². The maximum absolute atomic E-state index is 12.1. The van der Waals surface area contributed by atoms with E-state index < -0.39 is 5.97 Å². The number of carbonyl (C=O) groups is 2. The number of aromatic carboxylic acids is 1. The van der Waals surface area contributed by atoms with Crippen molar-refractivity contribution >= 4 is 23.2 Å². The predicted molar refractivity (Wildman–Crippen MR) is 65.5 cm³/mol. The van der Waals surface area contributed by atoms with Crippen molar-refractivity contribution in [3.8, 4) is 0 Å². The maximum Gasteiger partial charge on any atom is 0.355 e. The average Bonchev–Trinajstić information content (AvgIpc) is 2.78. The molecule has 1 rings (SSSR count). The van der Waals surface area contributed by atoms with E-state index in [9.17, 15) is 9.59 Å². The Kier molecular flexibility index (Phi) is 4.62. The number of carboxylic acids is 1. The van der Waals surface area contributed by atoms with Crippen molar-refractivity contribution in [2.75, 3.05) is 6.54 Å². The molecule has 94 valence electrons. The van der Waals surface area contributed by atoms with Gasteiger partial charge in [-0.1, -0.05) is 6.92 Å². The van der Waals surface area contributed by atoms with Crippen LogP contribution in [-0.4, -0.2) is 39.5 Å². The monoisotopic (exact) mass is 256 g/mol. The first kappa shape index (κ1) is 13.6. The minimum absolute atomic E-state index is 0.0708. The molecule has 0 aliphatic carbocycles. The first-order valence-electron chi connectivity index (χ1n) is 5.51. The van der Waals surface area contributed by atoms with Crippen LogP contribution in [0, 0.1) is 0 Å². The van der Waals surface area contributed by atoms with Crippen molar-refractivity contribution < 1.29 is 14.7 Å². The van der Waals surface area contributed by atoms with E-state index in [0.29, 0.717) is 6.54 Å². The Balaban J connectivity index is 2.90. The maximum atomic E-state index is 12.1. The van der Waals surface area contributed by atoms with Gasteiger partial charge in [0.15, 0.2) is 10.7 Å². The first-order valence-corrected chi connectivity index (χ1v) is 6.39. The Morgan fingerprint density at radius 1 is 1.53 bits per heavy atom. The van der Waals surface area contributed by atoms with E-state index in [2.05, 4.69) is 4.98 Å². The van der Waals surface area contributed by atoms with Crippen LogP contribution in [0.3, 0.4) is 0 Å². The number of rotatable bonds is 5. The summed E-state index contributed by atoms with van der Waals surface area (Å²) in [6.45, 7) is 6.46. The Morgan fingerprint density at radius 3 is 2.59 bits per heavy atom. The zero-order valence-electron chi connectivity index (χ0n) is 10.1. The molecule has 0 aliphatic heterocycles. The summed E-state index contributed by atoms with van der Waals surface area (Å²) < 4.78 is 0. The van der Waals surface area contributed by atoms with Crippen LogP contribution in [0.2, 0.25) is 0 Å². The minimum atomic E-state index is -1.10. The van der Waals surface area contributed by atoms with Gasteiger partial charge in [-0.25, -0.2) is 9.78 Å². The predicted octanol–water partition coefficient (Wildman–Crippen LogP) is 2.10. The summed E-state index contributed by atoms with van der Waals surface area (Å²) in [5.41, 5.74) is -0.0708. The number of amides is 1. The normalized spacial score (nSPS) is 12.2. The van der Waals surface area contributed by atoms with Gasteiger partial charge in [-0.2, -0.15) is 0 Å². The van der Waals surface area contributed by atoms with Gasteiger partial charge in [-0.05, 0) is 20.3 Å². The fraction of sp³-hybridized carbons (Fsp3) is 0.545. The van der Waals surface area contributed by atoms with Crippen LogP contribution in [0.4, 0.5) is 0 Å². The SMILES string of the molecule is CCC(C)N(CC)C(=O)c1nc(C(=O)O)cs1. The molecule has 1 aromatic heterocycles. The smallest absolute Gasteiger partial charge is 0.355 e. The highest BCUT2D eigenvalue weighted by Gasteiger charge is 2.22. The lowest BCUT2D eigenvalue weighted by molar-refractivity contribution is 0.0690. The van der Waals surface area contributed by atoms with Crippen LogP contribution >= 0.6 is 11.3 Å². The second-order valence-corrected chi connectivity index (χ2v) is 4.55. The van der Waals surface area contributed by atoms with Gasteiger partial charge in [-0.3, -0.25) is 4.79 Å². The van der Waals surface area contributed by atoms with Crippen LogP contribution < -0.4 is 0 Å². The second kappa shape index (κ2) is 5.77. The molecule has 0 fully saturated rings. The van der Waals surface area contributed by atoms with Crippen LogP contribution in [-0.2, 0) is 0 Å². The number of carbonyl (C=O) groups excluding carboxylic acids is 1. The zero-order valence-corrected chi connectivity index (χ0v) is 11.0. The highest BCUT2D eigenvalue weighted by Crippen LogP contribution is 2.15. The Bertz CT molecular complexity index is 417. The second-order valence-electron chi connectivity index (χ2n) is 3.69. The summed E-state index contributed by atoms with van der Waals surface area (Å²) in [7, 11) is 0. The Labute approximate surface area is 104 Å². The van der Waals surface area contributed by atoms with Crippen molar-refractivity contribution in [1.29, 1.82) is 0 Å². The Hall–Kier alpha value is -1.43. The highest BCUT2D eigenvalue weighted by atomic mass is 32.1. The third-order valence-corrected chi connectivity index (χ3v) is 3.46. The minimum Gasteiger partial charge on any atom is -0.476 e. The number of carboxylic acid groups (broad SMARTS) is 1. The molecule has 1 unspecified atom stereocenters. The molecule has 1 N–H and O–H groups in total. The van der Waals surface area contributed by atoms with Gasteiger partial charge in [0.2, 0.25) is 0 Å². The number of hydrogen-bond donors (Lipinski definition) is 1. The van der Waals surface area contributed by atoms with Gasteiger partial charge in [-0.15, -0.1) is 11.3 Å². The fourth-order valence-corrected chi connectivity index (χ4v) is 2.21. The van der Waals surface area contributed by atoms with Crippen molar-refractivity contribution in [3.63, 3.8) is 0 Å². The lowest BCUT2D eigenvalue weighted by atomic mass is 10.2. The van der Waals surface area contributed by atoms with Crippen LogP contribution in [0.15, 0.2) is 5.38 Å². The standard InChI is InChI=1S/C11H16N2O3S/c1-4-7(3)13(5-2)10(14)9-12-8(6-17-9)11(15)16/h6-7H,4-5H2,1-3H3,(H,15,16). The van der Waals surface area contributed by atoms with E-state index in [0.717, 1.165) is 17.8 Å². The molecular formula is C11H16N2O3S. The molecule has 0 spiro atoms. The molecule has 1 amide bonds. The summed E-state index contributed by atoms with van der Waals surface area (Å²) in [5.74, 6) is -1.30. The molecular weight excluding hydrogens is 240 g/mol. The Morgan fingerprint density at radius 2 is 2.18 bits per heavy atom. The lowest BCUT2D eigenvalue weighted by Crippen LogP contribution is -2.38. The summed E-state index contributed by atoms with van der Waals surface area (Å²) >= 11 is 1.07. The highest BCUT2D eigenvalue weighted by molar-refractivity contribution is 7.11. The van der Waals surface area contributed by atoms with Gasteiger partial charge in [0.25, 0.3) is 5.91 Å². The molecule has 0 bridgehead atoms. The number of nitrogens with zero attached hydrogens (tertiary/aromatic N) is 2. The molecule has 1 atom stereocenters. The van der Waals surface area contributed by atoms with E-state index in [1.54, 1.807) is 4.90 Å². The largest absolute Gasteiger partial charge is 0.476 e. The first-order chi connectivity index (χ1) is 8.01. The average molecular weight is 256 g/mol. The number of aromatic nitrogens is 1. The molecule has 17 heavy (non-hydrogen) atoms. The molecule has 5 nitrogen and oxygen atoms in total. The summed E-state index contributed by atoms with van der Waals surface area (Å²) in [6.07, 6.45) is 0.858. The van der Waals surface area contributed by atoms with Crippen molar-refractivity contribution in [2.45, 2.75) is 33.2 Å². The van der Waals surface area contributed by atoms with E-state index in [1.165, 1.54) is 5.38 Å². The van der Waals surface area contributed by atoms with Gasteiger partial charge in [0.1, 0.15) is 0 Å². The molecule has 0 radical (unpaired) electrons. The summed E-state index contributed by atoms with van der Waals surface area (Å²) in [5, 5.41) is 10.4. The number of thiazole rings is 1. The van der Waals surface area contributed by atoms with Gasteiger partial charge in [0, 0.05) is 18.0 Å². The molecule has 1 heterocycles. The van der Waals surface area contributed by atoms with Crippen molar-refractivity contribution in [1.82, 2.24) is 9.88 Å². The van der Waals surface area contributed by atoms with E-state index in [-0.39, 0.29) is 22.7 Å². The van der Waals surface area contributed by atoms with E-state index >= 15 is 0 Å². The van der Waals surface area contributed by atoms with Crippen LogP contribution in [0.5, 0.6) is 0 Å². The van der Waals surface area contributed by atoms with Gasteiger partial charge >= 0.3 is 5.97 Å². The molecule has 1 aromatic rings. The molecule has 0 saturated heterocycles. The van der Waals surface area contributed by atoms with Gasteiger partial charge in [0.05, 0.1) is 0 Å². The molecule has 0 aliphatic rings. The topological polar surface area (TPSA) is 70.5 Å². The lowest BCUT2D eigenvalue weighted by Gasteiger charge is -2.26. The molecule has 0 aromatic carbocycles. The van der Waals surface area contributed by atoms with Crippen LogP contribution in [0.1, 0.15) is 47.5 Å². The summed E-state index contributed by atoms with van der Waals surface area (Å²) in [4.78, 5) is 28.3.